The van der Waals surface area contributed by atoms with Crippen LogP contribution in [-0.2, 0) is 4.79 Å². The zero-order valence-electron chi connectivity index (χ0n) is 11.0. The predicted molar refractivity (Wildman–Crippen MR) is 76.9 cm³/mol. The number of aryl methyl sites for hydroxylation is 1. The van der Waals surface area contributed by atoms with Gasteiger partial charge in [0.1, 0.15) is 11.6 Å². The summed E-state index contributed by atoms with van der Waals surface area (Å²) in [6.45, 7) is 1.96. The first-order valence-corrected chi connectivity index (χ1v) is 6.13. The van der Waals surface area contributed by atoms with E-state index in [0.717, 1.165) is 16.7 Å². The van der Waals surface area contributed by atoms with Crippen LogP contribution in [0.5, 0.6) is 0 Å². The minimum absolute atomic E-state index is 0.250. The molecule has 0 fully saturated rings. The number of nitriles is 1. The quantitative estimate of drug-likeness (QED) is 0.682. The molecule has 0 aliphatic carbocycles. The van der Waals surface area contributed by atoms with Crippen LogP contribution in [0.15, 0.2) is 60.2 Å². The maximum Gasteiger partial charge on any atom is 0.347 e. The van der Waals surface area contributed by atoms with Crippen molar-refractivity contribution in [1.29, 1.82) is 5.26 Å². The van der Waals surface area contributed by atoms with E-state index in [1.165, 1.54) is 0 Å². The monoisotopic (exact) mass is 263 g/mol. The third-order valence-electron chi connectivity index (χ3n) is 2.98. The van der Waals surface area contributed by atoms with E-state index in [4.69, 9.17) is 5.26 Å². The van der Waals surface area contributed by atoms with E-state index < -0.39 is 5.97 Å². The number of rotatable bonds is 3. The molecule has 20 heavy (non-hydrogen) atoms. The molecule has 0 saturated carbocycles. The molecule has 0 aliphatic heterocycles. The first-order chi connectivity index (χ1) is 9.63. The third kappa shape index (κ3) is 2.76. The van der Waals surface area contributed by atoms with Crippen LogP contribution in [0.1, 0.15) is 16.7 Å². The van der Waals surface area contributed by atoms with Gasteiger partial charge in [0.25, 0.3) is 0 Å². The summed E-state index contributed by atoms with van der Waals surface area (Å²) in [4.78, 5) is 11.3. The second-order valence-corrected chi connectivity index (χ2v) is 4.40. The van der Waals surface area contributed by atoms with Gasteiger partial charge in [-0.1, -0.05) is 60.2 Å². The van der Waals surface area contributed by atoms with Crippen LogP contribution in [0.3, 0.4) is 0 Å². The largest absolute Gasteiger partial charge is 0.477 e. The zero-order valence-corrected chi connectivity index (χ0v) is 11.0. The van der Waals surface area contributed by atoms with E-state index in [2.05, 4.69) is 0 Å². The molecule has 2 rings (SSSR count). The van der Waals surface area contributed by atoms with Gasteiger partial charge >= 0.3 is 5.97 Å². The van der Waals surface area contributed by atoms with Crippen molar-refractivity contribution >= 4 is 11.5 Å². The molecule has 0 unspecified atom stereocenters. The van der Waals surface area contributed by atoms with Crippen LogP contribution in [0, 0.1) is 18.3 Å². The molecule has 0 heterocycles. The lowest BCUT2D eigenvalue weighted by Gasteiger charge is -2.10. The molecular weight excluding hydrogens is 250 g/mol. The summed E-state index contributed by atoms with van der Waals surface area (Å²) in [5.74, 6) is -1.22. The summed E-state index contributed by atoms with van der Waals surface area (Å²) >= 11 is 0. The van der Waals surface area contributed by atoms with Crippen LogP contribution in [0.4, 0.5) is 0 Å². The van der Waals surface area contributed by atoms with Crippen molar-refractivity contribution in [2.45, 2.75) is 6.92 Å². The number of carboxylic acids is 1. The maximum atomic E-state index is 11.3. The maximum absolute atomic E-state index is 11.3. The Bertz CT molecular complexity index is 692. The van der Waals surface area contributed by atoms with Crippen LogP contribution < -0.4 is 0 Å². The van der Waals surface area contributed by atoms with Crippen molar-refractivity contribution < 1.29 is 9.90 Å². The number of nitrogens with zero attached hydrogens (tertiary/aromatic N) is 1. The highest BCUT2D eigenvalue weighted by atomic mass is 16.4. The fourth-order valence-electron chi connectivity index (χ4n) is 1.99. The molecule has 0 aliphatic rings. The van der Waals surface area contributed by atoms with Gasteiger partial charge < -0.3 is 5.11 Å². The summed E-state index contributed by atoms with van der Waals surface area (Å²) in [7, 11) is 0. The molecule has 1 N–H and O–H groups in total. The van der Waals surface area contributed by atoms with Crippen molar-refractivity contribution in [2.75, 3.05) is 0 Å². The molecule has 0 bridgehead atoms. The van der Waals surface area contributed by atoms with Gasteiger partial charge in [0.2, 0.25) is 0 Å². The number of aliphatic carboxylic acids is 1. The Hall–Kier alpha value is -2.86. The Labute approximate surface area is 117 Å². The Morgan fingerprint density at radius 3 is 2.05 bits per heavy atom. The normalized spacial score (nSPS) is 11.4. The Morgan fingerprint density at radius 2 is 1.55 bits per heavy atom. The van der Waals surface area contributed by atoms with Crippen LogP contribution in [-0.4, -0.2) is 11.1 Å². The van der Waals surface area contributed by atoms with Crippen molar-refractivity contribution in [3.63, 3.8) is 0 Å². The lowest BCUT2D eigenvalue weighted by atomic mass is 9.93. The van der Waals surface area contributed by atoms with E-state index in [0.29, 0.717) is 5.57 Å². The van der Waals surface area contributed by atoms with E-state index in [1.54, 1.807) is 18.2 Å². The van der Waals surface area contributed by atoms with Gasteiger partial charge in [-0.05, 0) is 18.1 Å². The number of carboxylic acid groups (broad SMARTS) is 1. The van der Waals surface area contributed by atoms with E-state index in [9.17, 15) is 9.90 Å². The minimum Gasteiger partial charge on any atom is -0.477 e. The van der Waals surface area contributed by atoms with Crippen molar-refractivity contribution in [2.24, 2.45) is 0 Å². The molecule has 2 aromatic rings. The number of hydrogen-bond donors (Lipinski definition) is 1. The average Bonchev–Trinajstić information content (AvgIpc) is 2.46. The summed E-state index contributed by atoms with van der Waals surface area (Å²) < 4.78 is 0. The van der Waals surface area contributed by atoms with Crippen molar-refractivity contribution in [3.8, 4) is 6.07 Å². The first-order valence-electron chi connectivity index (χ1n) is 6.13. The molecule has 98 valence electrons. The lowest BCUT2D eigenvalue weighted by molar-refractivity contribution is -0.132. The lowest BCUT2D eigenvalue weighted by Crippen LogP contribution is -2.03. The molecule has 3 nitrogen and oxygen atoms in total. The fourth-order valence-corrected chi connectivity index (χ4v) is 1.99. The van der Waals surface area contributed by atoms with Crippen LogP contribution >= 0.6 is 0 Å². The molecule has 0 radical (unpaired) electrons. The van der Waals surface area contributed by atoms with Gasteiger partial charge in [-0.15, -0.1) is 0 Å². The highest BCUT2D eigenvalue weighted by molar-refractivity contribution is 6.04. The molecule has 0 atom stereocenters. The molecule has 0 spiro atoms. The highest BCUT2D eigenvalue weighted by Crippen LogP contribution is 2.27. The zero-order chi connectivity index (χ0) is 14.5. The van der Waals surface area contributed by atoms with Crippen LogP contribution in [0.2, 0.25) is 0 Å². The second kappa shape index (κ2) is 5.85. The van der Waals surface area contributed by atoms with Crippen molar-refractivity contribution in [1.82, 2.24) is 0 Å². The van der Waals surface area contributed by atoms with Gasteiger partial charge in [0.15, 0.2) is 0 Å². The second-order valence-electron chi connectivity index (χ2n) is 4.40. The van der Waals surface area contributed by atoms with Crippen molar-refractivity contribution in [3.05, 3.63) is 76.9 Å². The molecule has 0 saturated heterocycles. The van der Waals surface area contributed by atoms with Gasteiger partial charge in [-0.2, -0.15) is 5.26 Å². The highest BCUT2D eigenvalue weighted by Gasteiger charge is 2.17. The number of hydrogen-bond acceptors (Lipinski definition) is 2. The SMILES string of the molecule is Cc1ccc(/C(=C(/C#N)C(=O)O)c2ccccc2)cc1. The predicted octanol–water partition coefficient (Wildman–Crippen LogP) is 3.41. The summed E-state index contributed by atoms with van der Waals surface area (Å²) in [6, 6.07) is 18.3. The Kier molecular flexibility index (Phi) is 3.97. The number of carbonyl (C=O) groups is 1. The van der Waals surface area contributed by atoms with Gasteiger partial charge in [0, 0.05) is 5.57 Å². The molecule has 2 aromatic carbocycles. The summed E-state index contributed by atoms with van der Waals surface area (Å²) in [5.41, 5.74) is 2.71. The standard InChI is InChI=1S/C17H13NO2/c1-12-7-9-14(10-8-12)16(15(11-18)17(19)20)13-5-3-2-4-6-13/h2-10H,1H3,(H,19,20)/b16-15-. The topological polar surface area (TPSA) is 61.1 Å². The fraction of sp³-hybridized carbons (Fsp3) is 0.0588. The number of benzene rings is 2. The third-order valence-corrected chi connectivity index (χ3v) is 2.98. The summed E-state index contributed by atoms with van der Waals surface area (Å²) in [5, 5.41) is 18.4. The summed E-state index contributed by atoms with van der Waals surface area (Å²) in [6.07, 6.45) is 0. The Morgan fingerprint density at radius 1 is 1.00 bits per heavy atom. The molecular formula is C17H13NO2. The molecule has 0 amide bonds. The van der Waals surface area contributed by atoms with Gasteiger partial charge in [-0.25, -0.2) is 4.79 Å². The van der Waals surface area contributed by atoms with Gasteiger partial charge in [-0.3, -0.25) is 0 Å². The molecule has 0 aromatic heterocycles. The minimum atomic E-state index is -1.22. The van der Waals surface area contributed by atoms with Crippen LogP contribution in [0.25, 0.3) is 5.57 Å². The van der Waals surface area contributed by atoms with E-state index >= 15 is 0 Å². The molecule has 3 heteroatoms. The Balaban J connectivity index is 2.72. The average molecular weight is 263 g/mol. The smallest absolute Gasteiger partial charge is 0.347 e. The van der Waals surface area contributed by atoms with Gasteiger partial charge in [0.05, 0.1) is 0 Å². The first kappa shape index (κ1) is 13.6. The van der Waals surface area contributed by atoms with E-state index in [1.807, 2.05) is 49.4 Å². The van der Waals surface area contributed by atoms with E-state index in [-0.39, 0.29) is 5.57 Å².